The van der Waals surface area contributed by atoms with Crippen molar-refractivity contribution >= 4 is 29.2 Å². The van der Waals surface area contributed by atoms with Gasteiger partial charge in [-0.15, -0.1) is 12.4 Å². The Bertz CT molecular complexity index is 582. The molecular formula is C14H16ClN3O. The Kier molecular flexibility index (Phi) is 4.35. The van der Waals surface area contributed by atoms with Gasteiger partial charge in [0, 0.05) is 31.6 Å². The fourth-order valence-corrected chi connectivity index (χ4v) is 2.22. The molecule has 2 heterocycles. The van der Waals surface area contributed by atoms with E-state index in [0.29, 0.717) is 5.69 Å². The average Bonchev–Trinajstić information content (AvgIpc) is 2.47. The highest BCUT2D eigenvalue weighted by Gasteiger charge is 2.18. The van der Waals surface area contributed by atoms with Crippen LogP contribution >= 0.6 is 12.4 Å². The normalized spacial score (nSPS) is 15.1. The fourth-order valence-electron chi connectivity index (χ4n) is 2.22. The molecule has 1 aliphatic rings. The molecule has 1 fully saturated rings. The van der Waals surface area contributed by atoms with E-state index >= 15 is 0 Å². The maximum Gasteiger partial charge on any atom is 0.272 e. The van der Waals surface area contributed by atoms with Crippen molar-refractivity contribution in [3.63, 3.8) is 0 Å². The number of rotatable bonds is 1. The first-order valence-electron chi connectivity index (χ1n) is 6.20. The number of pyridine rings is 1. The molecule has 5 heteroatoms. The van der Waals surface area contributed by atoms with Gasteiger partial charge in [0.05, 0.1) is 5.52 Å². The van der Waals surface area contributed by atoms with Crippen molar-refractivity contribution in [3.8, 4) is 0 Å². The number of piperazine rings is 1. The van der Waals surface area contributed by atoms with Crippen LogP contribution < -0.4 is 5.32 Å². The number of para-hydroxylation sites is 1. The average molecular weight is 278 g/mol. The largest absolute Gasteiger partial charge is 0.335 e. The minimum absolute atomic E-state index is 0. The van der Waals surface area contributed by atoms with Gasteiger partial charge < -0.3 is 10.2 Å². The molecule has 3 rings (SSSR count). The van der Waals surface area contributed by atoms with E-state index in [2.05, 4.69) is 10.3 Å². The van der Waals surface area contributed by atoms with Gasteiger partial charge in [0.15, 0.2) is 0 Å². The Hall–Kier alpha value is -1.65. The Balaban J connectivity index is 0.00000133. The molecule has 2 aromatic rings. The molecule has 0 radical (unpaired) electrons. The van der Waals surface area contributed by atoms with Crippen molar-refractivity contribution < 1.29 is 4.79 Å². The second kappa shape index (κ2) is 5.99. The fraction of sp³-hybridized carbons (Fsp3) is 0.286. The topological polar surface area (TPSA) is 45.2 Å². The number of carbonyl (C=O) groups excluding carboxylic acids is 1. The molecule has 0 spiro atoms. The van der Waals surface area contributed by atoms with E-state index in [1.807, 2.05) is 41.3 Å². The number of nitrogens with one attached hydrogen (secondary N) is 1. The van der Waals surface area contributed by atoms with Crippen molar-refractivity contribution in [3.05, 3.63) is 42.1 Å². The lowest BCUT2D eigenvalue weighted by atomic mass is 10.2. The van der Waals surface area contributed by atoms with Crippen LogP contribution in [0.2, 0.25) is 0 Å². The van der Waals surface area contributed by atoms with Crippen LogP contribution in [0.4, 0.5) is 0 Å². The first-order valence-corrected chi connectivity index (χ1v) is 6.20. The van der Waals surface area contributed by atoms with Gasteiger partial charge in [0.25, 0.3) is 5.91 Å². The van der Waals surface area contributed by atoms with Gasteiger partial charge in [-0.2, -0.15) is 0 Å². The third kappa shape index (κ3) is 2.85. The second-order valence-corrected chi connectivity index (χ2v) is 4.43. The van der Waals surface area contributed by atoms with E-state index in [1.54, 1.807) is 0 Å². The summed E-state index contributed by atoms with van der Waals surface area (Å²) in [6, 6.07) is 11.6. The molecular weight excluding hydrogens is 262 g/mol. The van der Waals surface area contributed by atoms with Gasteiger partial charge in [-0.25, -0.2) is 4.98 Å². The van der Waals surface area contributed by atoms with Gasteiger partial charge in [-0.05, 0) is 12.1 Å². The minimum Gasteiger partial charge on any atom is -0.335 e. The van der Waals surface area contributed by atoms with Crippen LogP contribution in [0, 0.1) is 0 Å². The first-order chi connectivity index (χ1) is 8.84. The van der Waals surface area contributed by atoms with Gasteiger partial charge in [0.1, 0.15) is 5.69 Å². The molecule has 1 amide bonds. The highest BCUT2D eigenvalue weighted by molar-refractivity contribution is 5.95. The Morgan fingerprint density at radius 3 is 2.63 bits per heavy atom. The van der Waals surface area contributed by atoms with E-state index in [1.165, 1.54) is 0 Å². The maximum atomic E-state index is 12.3. The van der Waals surface area contributed by atoms with Crippen molar-refractivity contribution in [1.29, 1.82) is 0 Å². The van der Waals surface area contributed by atoms with Crippen LogP contribution in [0.25, 0.3) is 10.9 Å². The second-order valence-electron chi connectivity index (χ2n) is 4.43. The summed E-state index contributed by atoms with van der Waals surface area (Å²) < 4.78 is 0. The number of carbonyl (C=O) groups is 1. The molecule has 0 atom stereocenters. The van der Waals surface area contributed by atoms with Crippen molar-refractivity contribution in [2.45, 2.75) is 0 Å². The molecule has 1 saturated heterocycles. The molecule has 0 saturated carbocycles. The summed E-state index contributed by atoms with van der Waals surface area (Å²) in [4.78, 5) is 18.6. The molecule has 1 aromatic carbocycles. The van der Waals surface area contributed by atoms with Gasteiger partial charge in [-0.1, -0.05) is 24.3 Å². The molecule has 0 bridgehead atoms. The summed E-state index contributed by atoms with van der Waals surface area (Å²) in [6.07, 6.45) is 0. The van der Waals surface area contributed by atoms with E-state index in [-0.39, 0.29) is 18.3 Å². The Morgan fingerprint density at radius 2 is 1.84 bits per heavy atom. The SMILES string of the molecule is Cl.O=C(c1ccc2ccccc2n1)N1CCNCC1. The summed E-state index contributed by atoms with van der Waals surface area (Å²) in [5.41, 5.74) is 1.41. The quantitative estimate of drug-likeness (QED) is 0.863. The van der Waals surface area contributed by atoms with Crippen LogP contribution in [0.15, 0.2) is 36.4 Å². The van der Waals surface area contributed by atoms with Crippen molar-refractivity contribution in [2.24, 2.45) is 0 Å². The van der Waals surface area contributed by atoms with Crippen LogP contribution in [0.5, 0.6) is 0 Å². The lowest BCUT2D eigenvalue weighted by molar-refractivity contribution is 0.0730. The van der Waals surface area contributed by atoms with Crippen molar-refractivity contribution in [2.75, 3.05) is 26.2 Å². The monoisotopic (exact) mass is 277 g/mol. The zero-order valence-corrected chi connectivity index (χ0v) is 11.3. The number of fused-ring (bicyclic) bond motifs is 1. The predicted molar refractivity (Wildman–Crippen MR) is 77.8 cm³/mol. The highest BCUT2D eigenvalue weighted by Crippen LogP contribution is 2.13. The molecule has 1 aromatic heterocycles. The third-order valence-corrected chi connectivity index (χ3v) is 3.22. The van der Waals surface area contributed by atoms with Crippen LogP contribution in [0.3, 0.4) is 0 Å². The molecule has 1 N–H and O–H groups in total. The number of amides is 1. The number of nitrogens with zero attached hydrogens (tertiary/aromatic N) is 2. The maximum absolute atomic E-state index is 12.3. The van der Waals surface area contributed by atoms with E-state index in [4.69, 9.17) is 0 Å². The zero-order valence-electron chi connectivity index (χ0n) is 10.5. The number of hydrogen-bond donors (Lipinski definition) is 1. The first kappa shape index (κ1) is 13.8. The lowest BCUT2D eigenvalue weighted by Crippen LogP contribution is -2.46. The van der Waals surface area contributed by atoms with E-state index in [0.717, 1.165) is 37.1 Å². The molecule has 1 aliphatic heterocycles. The summed E-state index contributed by atoms with van der Waals surface area (Å²) >= 11 is 0. The van der Waals surface area contributed by atoms with E-state index < -0.39 is 0 Å². The molecule has 0 unspecified atom stereocenters. The molecule has 4 nitrogen and oxygen atoms in total. The summed E-state index contributed by atoms with van der Waals surface area (Å²) in [5.74, 6) is 0.0299. The number of hydrogen-bond acceptors (Lipinski definition) is 3. The van der Waals surface area contributed by atoms with Crippen LogP contribution in [-0.4, -0.2) is 42.0 Å². The Morgan fingerprint density at radius 1 is 1.11 bits per heavy atom. The lowest BCUT2D eigenvalue weighted by Gasteiger charge is -2.27. The summed E-state index contributed by atoms with van der Waals surface area (Å²) in [6.45, 7) is 3.24. The number of aromatic nitrogens is 1. The number of halogens is 1. The highest BCUT2D eigenvalue weighted by atomic mass is 35.5. The predicted octanol–water partition coefficient (Wildman–Crippen LogP) is 1.70. The number of benzene rings is 1. The van der Waals surface area contributed by atoms with E-state index in [9.17, 15) is 4.79 Å². The third-order valence-electron chi connectivity index (χ3n) is 3.22. The molecule has 0 aliphatic carbocycles. The van der Waals surface area contributed by atoms with Gasteiger partial charge >= 0.3 is 0 Å². The summed E-state index contributed by atoms with van der Waals surface area (Å²) in [7, 11) is 0. The van der Waals surface area contributed by atoms with Gasteiger partial charge in [-0.3, -0.25) is 4.79 Å². The minimum atomic E-state index is 0. The van der Waals surface area contributed by atoms with Crippen LogP contribution in [-0.2, 0) is 0 Å². The summed E-state index contributed by atoms with van der Waals surface area (Å²) in [5, 5.41) is 4.30. The van der Waals surface area contributed by atoms with Crippen molar-refractivity contribution in [1.82, 2.24) is 15.2 Å². The molecule has 100 valence electrons. The Labute approximate surface area is 118 Å². The van der Waals surface area contributed by atoms with Gasteiger partial charge in [0.2, 0.25) is 0 Å². The smallest absolute Gasteiger partial charge is 0.272 e. The van der Waals surface area contributed by atoms with Crippen LogP contribution in [0.1, 0.15) is 10.5 Å². The zero-order chi connectivity index (χ0) is 12.4. The standard InChI is InChI=1S/C14H15N3O.ClH/c18-14(17-9-7-15-8-10-17)13-6-5-11-3-1-2-4-12(11)16-13;/h1-6,15H,7-10H2;1H. The molecule has 19 heavy (non-hydrogen) atoms.